The van der Waals surface area contributed by atoms with Crippen molar-refractivity contribution in [2.45, 2.75) is 12.3 Å². The van der Waals surface area contributed by atoms with Crippen LogP contribution in [0.2, 0.25) is 0 Å². The molecule has 0 radical (unpaired) electrons. The van der Waals surface area contributed by atoms with Gasteiger partial charge in [0, 0.05) is 0 Å². The standard InChI is InChI=1S/C3H5NO3/c4-2-1(7-2)3(5)6/h1-2H,4H2,(H,5,6). The molecule has 0 amide bonds. The van der Waals surface area contributed by atoms with Crippen LogP contribution in [0.4, 0.5) is 0 Å². The zero-order chi connectivity index (χ0) is 5.44. The molecule has 4 heteroatoms. The summed E-state index contributed by atoms with van der Waals surface area (Å²) in [6.07, 6.45) is -1.29. The van der Waals surface area contributed by atoms with Crippen molar-refractivity contribution in [1.29, 1.82) is 0 Å². The molecule has 3 N–H and O–H groups in total. The van der Waals surface area contributed by atoms with E-state index in [9.17, 15) is 4.79 Å². The van der Waals surface area contributed by atoms with E-state index in [-0.39, 0.29) is 0 Å². The van der Waals surface area contributed by atoms with E-state index in [2.05, 4.69) is 4.74 Å². The van der Waals surface area contributed by atoms with Gasteiger partial charge in [-0.1, -0.05) is 0 Å². The molecule has 7 heavy (non-hydrogen) atoms. The second kappa shape index (κ2) is 1.18. The summed E-state index contributed by atoms with van der Waals surface area (Å²) in [4.78, 5) is 9.77. The lowest BCUT2D eigenvalue weighted by atomic mass is 10.4. The lowest BCUT2D eigenvalue weighted by Gasteiger charge is -1.74. The first kappa shape index (κ1) is 4.55. The van der Waals surface area contributed by atoms with Gasteiger partial charge in [0.15, 0.2) is 6.10 Å². The number of carboxylic acid groups (broad SMARTS) is 1. The monoisotopic (exact) mass is 103 g/mol. The molecule has 0 aromatic rings. The SMILES string of the molecule is NC1OC1C(=O)O. The van der Waals surface area contributed by atoms with Gasteiger partial charge in [-0.05, 0) is 0 Å². The fourth-order valence-electron chi connectivity index (χ4n) is 0.323. The van der Waals surface area contributed by atoms with Gasteiger partial charge in [0.25, 0.3) is 0 Å². The lowest BCUT2D eigenvalue weighted by molar-refractivity contribution is -0.138. The molecule has 1 saturated heterocycles. The Morgan fingerprint density at radius 2 is 2.29 bits per heavy atom. The van der Waals surface area contributed by atoms with Crippen LogP contribution in [-0.2, 0) is 9.53 Å². The lowest BCUT2D eigenvalue weighted by Crippen LogP contribution is -2.13. The second-order valence-electron chi connectivity index (χ2n) is 1.36. The van der Waals surface area contributed by atoms with E-state index in [1.807, 2.05) is 0 Å². The van der Waals surface area contributed by atoms with Gasteiger partial charge in [0.2, 0.25) is 0 Å². The highest BCUT2D eigenvalue weighted by Crippen LogP contribution is 2.14. The quantitative estimate of drug-likeness (QED) is 0.407. The number of ether oxygens (including phenoxy) is 1. The molecule has 4 nitrogen and oxygen atoms in total. The summed E-state index contributed by atoms with van der Waals surface area (Å²) in [7, 11) is 0. The van der Waals surface area contributed by atoms with Crippen molar-refractivity contribution >= 4 is 5.97 Å². The number of hydrogen-bond donors (Lipinski definition) is 2. The highest BCUT2D eigenvalue weighted by Gasteiger charge is 2.42. The Morgan fingerprint density at radius 1 is 1.86 bits per heavy atom. The zero-order valence-corrected chi connectivity index (χ0v) is 3.50. The van der Waals surface area contributed by atoms with Crippen LogP contribution in [0.5, 0.6) is 0 Å². The van der Waals surface area contributed by atoms with Crippen molar-refractivity contribution in [2.24, 2.45) is 5.73 Å². The number of carbonyl (C=O) groups is 1. The van der Waals surface area contributed by atoms with Gasteiger partial charge < -0.3 is 15.6 Å². The van der Waals surface area contributed by atoms with Crippen LogP contribution >= 0.6 is 0 Å². The number of carboxylic acids is 1. The Morgan fingerprint density at radius 3 is 2.29 bits per heavy atom. The summed E-state index contributed by atoms with van der Waals surface area (Å²) in [6.45, 7) is 0. The van der Waals surface area contributed by atoms with Crippen LogP contribution in [0, 0.1) is 0 Å². The Hall–Kier alpha value is -0.610. The van der Waals surface area contributed by atoms with Crippen LogP contribution in [0.1, 0.15) is 0 Å². The van der Waals surface area contributed by atoms with Crippen LogP contribution in [-0.4, -0.2) is 23.4 Å². The summed E-state index contributed by atoms with van der Waals surface area (Å²) < 4.78 is 4.36. The topological polar surface area (TPSA) is 75.8 Å². The zero-order valence-electron chi connectivity index (χ0n) is 3.50. The van der Waals surface area contributed by atoms with E-state index in [1.54, 1.807) is 0 Å². The van der Waals surface area contributed by atoms with E-state index in [0.29, 0.717) is 0 Å². The molecule has 40 valence electrons. The normalized spacial score (nSPS) is 37.9. The predicted molar refractivity (Wildman–Crippen MR) is 20.5 cm³/mol. The maximum atomic E-state index is 9.77. The molecule has 2 unspecified atom stereocenters. The third-order valence-electron chi connectivity index (χ3n) is 0.769. The maximum absolute atomic E-state index is 9.77. The number of epoxide rings is 1. The molecule has 1 fully saturated rings. The first-order valence-electron chi connectivity index (χ1n) is 1.85. The molecule has 0 aromatic carbocycles. The molecule has 1 aliphatic rings. The molecule has 2 atom stereocenters. The van der Waals surface area contributed by atoms with E-state index in [0.717, 1.165) is 0 Å². The number of rotatable bonds is 1. The van der Waals surface area contributed by atoms with E-state index in [4.69, 9.17) is 10.8 Å². The number of hydrogen-bond acceptors (Lipinski definition) is 3. The molecule has 0 aliphatic carbocycles. The Kier molecular flexibility index (Phi) is 0.765. The molecule has 0 spiro atoms. The van der Waals surface area contributed by atoms with Gasteiger partial charge in [0.05, 0.1) is 0 Å². The Labute approximate surface area is 39.9 Å². The molecule has 1 rings (SSSR count). The third kappa shape index (κ3) is 0.703. The van der Waals surface area contributed by atoms with Crippen molar-refractivity contribution < 1.29 is 14.6 Å². The largest absolute Gasteiger partial charge is 0.479 e. The molecule has 0 saturated carbocycles. The Balaban J connectivity index is 2.33. The third-order valence-corrected chi connectivity index (χ3v) is 0.769. The molecular weight excluding hydrogens is 98.0 g/mol. The van der Waals surface area contributed by atoms with Gasteiger partial charge in [-0.25, -0.2) is 4.79 Å². The van der Waals surface area contributed by atoms with Gasteiger partial charge in [-0.2, -0.15) is 0 Å². The van der Waals surface area contributed by atoms with Crippen LogP contribution < -0.4 is 5.73 Å². The van der Waals surface area contributed by atoms with Crippen LogP contribution in [0.25, 0.3) is 0 Å². The van der Waals surface area contributed by atoms with Crippen molar-refractivity contribution in [3.05, 3.63) is 0 Å². The van der Waals surface area contributed by atoms with Crippen molar-refractivity contribution in [2.75, 3.05) is 0 Å². The molecule has 1 aliphatic heterocycles. The minimum atomic E-state index is -0.979. The average molecular weight is 103 g/mol. The van der Waals surface area contributed by atoms with Crippen molar-refractivity contribution in [3.8, 4) is 0 Å². The van der Waals surface area contributed by atoms with Crippen LogP contribution in [0.3, 0.4) is 0 Å². The van der Waals surface area contributed by atoms with E-state index < -0.39 is 18.3 Å². The van der Waals surface area contributed by atoms with E-state index >= 15 is 0 Å². The van der Waals surface area contributed by atoms with E-state index in [1.165, 1.54) is 0 Å². The molecule has 1 heterocycles. The fraction of sp³-hybridized carbons (Fsp3) is 0.667. The highest BCUT2D eigenvalue weighted by molar-refractivity contribution is 5.75. The minimum Gasteiger partial charge on any atom is -0.479 e. The van der Waals surface area contributed by atoms with Gasteiger partial charge >= 0.3 is 5.97 Å². The van der Waals surface area contributed by atoms with Gasteiger partial charge in [-0.15, -0.1) is 0 Å². The fourth-order valence-corrected chi connectivity index (χ4v) is 0.323. The first-order chi connectivity index (χ1) is 3.22. The van der Waals surface area contributed by atoms with Gasteiger partial charge in [0.1, 0.15) is 6.23 Å². The number of aliphatic carboxylic acids is 1. The van der Waals surface area contributed by atoms with Crippen molar-refractivity contribution in [3.63, 3.8) is 0 Å². The predicted octanol–water partition coefficient (Wildman–Crippen LogP) is -1.25. The summed E-state index contributed by atoms with van der Waals surface area (Å²) in [5.41, 5.74) is 4.96. The molecule has 0 aromatic heterocycles. The molecule has 0 bridgehead atoms. The summed E-state index contributed by atoms with van der Waals surface area (Å²) in [5.74, 6) is -0.979. The highest BCUT2D eigenvalue weighted by atomic mass is 16.6. The Bertz CT molecular complexity index is 102. The summed E-state index contributed by atoms with van der Waals surface area (Å²) >= 11 is 0. The average Bonchev–Trinajstić information content (AvgIpc) is 2.17. The minimum absolute atomic E-state index is 0.558. The second-order valence-corrected chi connectivity index (χ2v) is 1.36. The van der Waals surface area contributed by atoms with Gasteiger partial charge in [-0.3, -0.25) is 0 Å². The summed E-state index contributed by atoms with van der Waals surface area (Å²) in [6, 6.07) is 0. The maximum Gasteiger partial charge on any atom is 0.337 e. The number of nitrogens with two attached hydrogens (primary N) is 1. The molecular formula is C3H5NO3. The first-order valence-corrected chi connectivity index (χ1v) is 1.85. The van der Waals surface area contributed by atoms with Crippen molar-refractivity contribution in [1.82, 2.24) is 0 Å². The summed E-state index contributed by atoms with van der Waals surface area (Å²) in [5, 5.41) is 8.02. The van der Waals surface area contributed by atoms with Crippen LogP contribution in [0.15, 0.2) is 0 Å². The smallest absolute Gasteiger partial charge is 0.337 e.